The minimum absolute atomic E-state index is 0.143. The third-order valence-electron chi connectivity index (χ3n) is 3.36. The molecule has 2 rings (SSSR count). The number of halogens is 2. The molecule has 0 aliphatic carbocycles. The van der Waals surface area contributed by atoms with Crippen LogP contribution >= 0.6 is 27.5 Å². The van der Waals surface area contributed by atoms with Crippen molar-refractivity contribution in [2.75, 3.05) is 21.3 Å². The Balaban J connectivity index is 2.22. The summed E-state index contributed by atoms with van der Waals surface area (Å²) in [7, 11) is 4.76. The van der Waals surface area contributed by atoms with Gasteiger partial charge in [-0.3, -0.25) is 4.79 Å². The fourth-order valence-corrected chi connectivity index (χ4v) is 2.75. The molecule has 0 fully saturated rings. The van der Waals surface area contributed by atoms with E-state index in [1.54, 1.807) is 24.1 Å². The fraction of sp³-hybridized carbons (Fsp3) is 0.235. The number of amides is 1. The van der Waals surface area contributed by atoms with Gasteiger partial charge in [-0.25, -0.2) is 0 Å². The maximum atomic E-state index is 12.6. The van der Waals surface area contributed by atoms with Crippen LogP contribution in [0.25, 0.3) is 0 Å². The SMILES string of the molecule is COc1cc(C(=O)N(C)Cc2ccc(Br)cc2)cc(Cl)c1OC. The number of rotatable bonds is 5. The zero-order chi connectivity index (χ0) is 17.0. The lowest BCUT2D eigenvalue weighted by atomic mass is 10.1. The Morgan fingerprint density at radius 3 is 2.39 bits per heavy atom. The Morgan fingerprint density at radius 2 is 1.83 bits per heavy atom. The lowest BCUT2D eigenvalue weighted by Gasteiger charge is -2.19. The van der Waals surface area contributed by atoms with Gasteiger partial charge in [0.15, 0.2) is 11.5 Å². The van der Waals surface area contributed by atoms with Crippen LogP contribution in [0.15, 0.2) is 40.9 Å². The van der Waals surface area contributed by atoms with E-state index < -0.39 is 0 Å². The number of carbonyl (C=O) groups is 1. The quantitative estimate of drug-likeness (QED) is 0.750. The molecule has 0 aliphatic rings. The molecule has 2 aromatic carbocycles. The van der Waals surface area contributed by atoms with E-state index >= 15 is 0 Å². The summed E-state index contributed by atoms with van der Waals surface area (Å²) in [4.78, 5) is 14.2. The van der Waals surface area contributed by atoms with Crippen molar-refractivity contribution < 1.29 is 14.3 Å². The topological polar surface area (TPSA) is 38.8 Å². The first-order valence-corrected chi connectivity index (χ1v) is 8.04. The van der Waals surface area contributed by atoms with E-state index in [9.17, 15) is 4.79 Å². The number of hydrogen-bond acceptors (Lipinski definition) is 3. The minimum atomic E-state index is -0.143. The number of nitrogens with zero attached hydrogens (tertiary/aromatic N) is 1. The average Bonchev–Trinajstić information content (AvgIpc) is 2.55. The molecule has 0 saturated heterocycles. The molecule has 4 nitrogen and oxygen atoms in total. The van der Waals surface area contributed by atoms with Crippen LogP contribution in [0.3, 0.4) is 0 Å². The maximum absolute atomic E-state index is 12.6. The molecule has 2 aromatic rings. The molecule has 0 aromatic heterocycles. The van der Waals surface area contributed by atoms with E-state index in [0.717, 1.165) is 10.0 Å². The predicted octanol–water partition coefficient (Wildman–Crippen LogP) is 4.39. The van der Waals surface area contributed by atoms with Crippen LogP contribution in [0.5, 0.6) is 11.5 Å². The average molecular weight is 399 g/mol. The molecule has 122 valence electrons. The molecule has 1 amide bonds. The summed E-state index contributed by atoms with van der Waals surface area (Å²) in [5, 5.41) is 0.340. The summed E-state index contributed by atoms with van der Waals surface area (Å²) in [5.41, 5.74) is 1.49. The van der Waals surface area contributed by atoms with Crippen LogP contribution in [0.1, 0.15) is 15.9 Å². The summed E-state index contributed by atoms with van der Waals surface area (Å²) in [6.07, 6.45) is 0. The predicted molar refractivity (Wildman–Crippen MR) is 94.5 cm³/mol. The highest BCUT2D eigenvalue weighted by molar-refractivity contribution is 9.10. The first-order valence-electron chi connectivity index (χ1n) is 6.87. The second-order valence-corrected chi connectivity index (χ2v) is 6.30. The van der Waals surface area contributed by atoms with E-state index in [1.807, 2.05) is 24.3 Å². The summed E-state index contributed by atoms with van der Waals surface area (Å²) in [6, 6.07) is 11.0. The monoisotopic (exact) mass is 397 g/mol. The molecule has 0 unspecified atom stereocenters. The Morgan fingerprint density at radius 1 is 1.17 bits per heavy atom. The van der Waals surface area contributed by atoms with Crippen molar-refractivity contribution in [2.45, 2.75) is 6.54 Å². The Labute approximate surface area is 149 Å². The van der Waals surface area contributed by atoms with Crippen molar-refractivity contribution in [1.82, 2.24) is 4.90 Å². The maximum Gasteiger partial charge on any atom is 0.254 e. The van der Waals surface area contributed by atoms with Gasteiger partial charge in [0.2, 0.25) is 0 Å². The summed E-state index contributed by atoms with van der Waals surface area (Å²) < 4.78 is 11.4. The van der Waals surface area contributed by atoms with Gasteiger partial charge < -0.3 is 14.4 Å². The molecule has 6 heteroatoms. The van der Waals surface area contributed by atoms with Gasteiger partial charge in [0.1, 0.15) is 0 Å². The van der Waals surface area contributed by atoms with Crippen LogP contribution in [-0.2, 0) is 6.54 Å². The standard InChI is InChI=1S/C17H17BrClNO3/c1-20(10-11-4-6-13(18)7-5-11)17(21)12-8-14(19)16(23-3)15(9-12)22-2/h4-9H,10H2,1-3H3. The van der Waals surface area contributed by atoms with Crippen molar-refractivity contribution in [3.63, 3.8) is 0 Å². The van der Waals surface area contributed by atoms with Crippen molar-refractivity contribution >= 4 is 33.4 Å². The van der Waals surface area contributed by atoms with Gasteiger partial charge >= 0.3 is 0 Å². The molecule has 0 aliphatic heterocycles. The van der Waals surface area contributed by atoms with Gasteiger partial charge in [-0.15, -0.1) is 0 Å². The summed E-state index contributed by atoms with van der Waals surface area (Å²) in [6.45, 7) is 0.498. The van der Waals surface area contributed by atoms with Crippen LogP contribution in [0, 0.1) is 0 Å². The third kappa shape index (κ3) is 4.18. The largest absolute Gasteiger partial charge is 0.493 e. The van der Waals surface area contributed by atoms with E-state index in [-0.39, 0.29) is 5.91 Å². The molecule has 0 bridgehead atoms. The molecule has 0 atom stereocenters. The second-order valence-electron chi connectivity index (χ2n) is 4.98. The number of carbonyl (C=O) groups excluding carboxylic acids is 1. The number of methoxy groups -OCH3 is 2. The van der Waals surface area contributed by atoms with Crippen molar-refractivity contribution in [3.05, 3.63) is 57.0 Å². The Bertz CT molecular complexity index is 704. The molecule has 0 saturated carbocycles. The third-order valence-corrected chi connectivity index (χ3v) is 4.17. The minimum Gasteiger partial charge on any atom is -0.493 e. The zero-order valence-corrected chi connectivity index (χ0v) is 15.4. The van der Waals surface area contributed by atoms with Crippen LogP contribution < -0.4 is 9.47 Å². The Hall–Kier alpha value is -1.72. The summed E-state index contributed by atoms with van der Waals surface area (Å²) >= 11 is 9.55. The van der Waals surface area contributed by atoms with Crippen LogP contribution in [0.4, 0.5) is 0 Å². The van der Waals surface area contributed by atoms with E-state index in [4.69, 9.17) is 21.1 Å². The van der Waals surface area contributed by atoms with Crippen LogP contribution in [-0.4, -0.2) is 32.1 Å². The molecular weight excluding hydrogens is 382 g/mol. The first-order chi connectivity index (χ1) is 11.0. The highest BCUT2D eigenvalue weighted by Gasteiger charge is 2.18. The zero-order valence-electron chi connectivity index (χ0n) is 13.1. The van der Waals surface area contributed by atoms with E-state index in [2.05, 4.69) is 15.9 Å². The van der Waals surface area contributed by atoms with Gasteiger partial charge in [0, 0.05) is 23.6 Å². The lowest BCUT2D eigenvalue weighted by Crippen LogP contribution is -2.26. The second kappa shape index (κ2) is 7.70. The summed E-state index contributed by atoms with van der Waals surface area (Å²) in [5.74, 6) is 0.706. The molecule has 0 radical (unpaired) electrons. The first kappa shape index (κ1) is 17.6. The van der Waals surface area contributed by atoms with Gasteiger partial charge in [-0.2, -0.15) is 0 Å². The highest BCUT2D eigenvalue weighted by atomic mass is 79.9. The van der Waals surface area contributed by atoms with Gasteiger partial charge in [-0.1, -0.05) is 39.7 Å². The number of hydrogen-bond donors (Lipinski definition) is 0. The van der Waals surface area contributed by atoms with Crippen molar-refractivity contribution in [2.24, 2.45) is 0 Å². The van der Waals surface area contributed by atoms with Crippen molar-refractivity contribution in [1.29, 1.82) is 0 Å². The van der Waals surface area contributed by atoms with Gasteiger partial charge in [-0.05, 0) is 29.8 Å². The molecule has 23 heavy (non-hydrogen) atoms. The van der Waals surface area contributed by atoms with Gasteiger partial charge in [0.05, 0.1) is 19.2 Å². The smallest absolute Gasteiger partial charge is 0.254 e. The van der Waals surface area contributed by atoms with E-state index in [1.165, 1.54) is 14.2 Å². The molecule has 0 heterocycles. The Kier molecular flexibility index (Phi) is 5.91. The van der Waals surface area contributed by atoms with Crippen molar-refractivity contribution in [3.8, 4) is 11.5 Å². The normalized spacial score (nSPS) is 10.3. The van der Waals surface area contributed by atoms with E-state index in [0.29, 0.717) is 28.6 Å². The lowest BCUT2D eigenvalue weighted by molar-refractivity contribution is 0.0784. The van der Waals surface area contributed by atoms with Gasteiger partial charge in [0.25, 0.3) is 5.91 Å². The van der Waals surface area contributed by atoms with Crippen LogP contribution in [0.2, 0.25) is 5.02 Å². The molecule has 0 N–H and O–H groups in total. The number of ether oxygens (including phenoxy) is 2. The highest BCUT2D eigenvalue weighted by Crippen LogP contribution is 2.36. The number of benzene rings is 2. The fourth-order valence-electron chi connectivity index (χ4n) is 2.20. The molecule has 0 spiro atoms. The molecular formula is C17H17BrClNO3.